The van der Waals surface area contributed by atoms with Gasteiger partial charge in [-0.2, -0.15) is 0 Å². The molecule has 0 bridgehead atoms. The number of thioether (sulfide) groups is 1. The van der Waals surface area contributed by atoms with Crippen molar-refractivity contribution >= 4 is 57.8 Å². The number of carboxylic acids is 1. The van der Waals surface area contributed by atoms with Gasteiger partial charge in [0, 0.05) is 18.7 Å². The van der Waals surface area contributed by atoms with Crippen LogP contribution in [0.2, 0.25) is 0 Å². The van der Waals surface area contributed by atoms with E-state index in [0.717, 1.165) is 11.1 Å². The Morgan fingerprint density at radius 2 is 1.90 bits per heavy atom. The van der Waals surface area contributed by atoms with Gasteiger partial charge in [0.1, 0.15) is 15.6 Å². The molecule has 1 aliphatic rings. The molecule has 0 atom stereocenters. The molecular weight excluding hydrogens is 424 g/mol. The summed E-state index contributed by atoms with van der Waals surface area (Å²) in [5.41, 5.74) is 1.93. The molecule has 7 nitrogen and oxygen atoms in total. The van der Waals surface area contributed by atoms with Crippen LogP contribution in [-0.2, 0) is 9.59 Å². The van der Waals surface area contributed by atoms with E-state index in [1.54, 1.807) is 6.08 Å². The number of aromatic carboxylic acids is 1. The lowest BCUT2D eigenvalue weighted by Gasteiger charge is -2.14. The Labute approximate surface area is 182 Å². The van der Waals surface area contributed by atoms with Crippen molar-refractivity contribution in [2.75, 3.05) is 11.9 Å². The van der Waals surface area contributed by atoms with Crippen molar-refractivity contribution in [3.05, 3.63) is 64.1 Å². The molecule has 1 heterocycles. The van der Waals surface area contributed by atoms with Crippen LogP contribution in [0.5, 0.6) is 5.75 Å². The Balaban J connectivity index is 1.61. The average molecular weight is 443 g/mol. The molecule has 0 spiro atoms. The maximum atomic E-state index is 12.6. The van der Waals surface area contributed by atoms with Crippen LogP contribution in [0.4, 0.5) is 5.69 Å². The summed E-state index contributed by atoms with van der Waals surface area (Å²) >= 11 is 6.46. The van der Waals surface area contributed by atoms with Crippen LogP contribution in [0.25, 0.3) is 6.08 Å². The molecule has 3 rings (SSSR count). The van der Waals surface area contributed by atoms with Crippen LogP contribution in [0.15, 0.2) is 47.4 Å². The third-order valence-electron chi connectivity index (χ3n) is 4.32. The van der Waals surface area contributed by atoms with Crippen molar-refractivity contribution in [3.63, 3.8) is 0 Å². The number of phenols is 1. The molecule has 0 saturated carbocycles. The van der Waals surface area contributed by atoms with Crippen LogP contribution < -0.4 is 5.32 Å². The number of amides is 2. The molecule has 2 aromatic rings. The highest BCUT2D eigenvalue weighted by atomic mass is 32.2. The van der Waals surface area contributed by atoms with Gasteiger partial charge in [-0.15, -0.1) is 0 Å². The van der Waals surface area contributed by atoms with Crippen molar-refractivity contribution in [2.45, 2.75) is 13.3 Å². The van der Waals surface area contributed by atoms with Crippen molar-refractivity contribution in [1.82, 2.24) is 4.90 Å². The number of thiocarbonyl (C=S) groups is 1. The zero-order valence-electron chi connectivity index (χ0n) is 15.9. The van der Waals surface area contributed by atoms with Crippen LogP contribution in [-0.4, -0.2) is 43.8 Å². The fourth-order valence-corrected chi connectivity index (χ4v) is 4.04. The molecule has 1 saturated heterocycles. The number of nitrogens with one attached hydrogen (secondary N) is 1. The first kappa shape index (κ1) is 21.5. The number of rotatable bonds is 6. The quantitative estimate of drug-likeness (QED) is 0.356. The molecule has 1 aliphatic heterocycles. The minimum absolute atomic E-state index is 0.0203. The number of carboxylic acid groups (broad SMARTS) is 1. The molecule has 0 radical (unpaired) electrons. The lowest BCUT2D eigenvalue weighted by atomic mass is 10.1. The Bertz CT molecular complexity index is 1060. The van der Waals surface area contributed by atoms with Crippen LogP contribution in [0.3, 0.4) is 0 Å². The maximum absolute atomic E-state index is 12.6. The van der Waals surface area contributed by atoms with Gasteiger partial charge in [0.2, 0.25) is 5.91 Å². The minimum Gasteiger partial charge on any atom is -0.507 e. The van der Waals surface area contributed by atoms with Gasteiger partial charge in [-0.05, 0) is 36.8 Å². The molecular formula is C21H18N2O5S2. The maximum Gasteiger partial charge on any atom is 0.339 e. The van der Waals surface area contributed by atoms with Gasteiger partial charge in [-0.3, -0.25) is 14.5 Å². The van der Waals surface area contributed by atoms with E-state index >= 15 is 0 Å². The Morgan fingerprint density at radius 1 is 1.20 bits per heavy atom. The molecule has 30 heavy (non-hydrogen) atoms. The van der Waals surface area contributed by atoms with Gasteiger partial charge in [-0.1, -0.05) is 53.8 Å². The number of carbonyl (C=O) groups is 3. The number of carbonyl (C=O) groups excluding carboxylic acids is 2. The van der Waals surface area contributed by atoms with Crippen molar-refractivity contribution in [3.8, 4) is 5.75 Å². The minimum atomic E-state index is -1.30. The van der Waals surface area contributed by atoms with Crippen molar-refractivity contribution in [2.24, 2.45) is 0 Å². The van der Waals surface area contributed by atoms with Gasteiger partial charge in [-0.25, -0.2) is 4.79 Å². The van der Waals surface area contributed by atoms with E-state index in [4.69, 9.17) is 17.3 Å². The predicted molar refractivity (Wildman–Crippen MR) is 119 cm³/mol. The first-order valence-electron chi connectivity index (χ1n) is 8.93. The average Bonchev–Trinajstić information content (AvgIpc) is 2.96. The third kappa shape index (κ3) is 5.05. The summed E-state index contributed by atoms with van der Waals surface area (Å²) in [7, 11) is 0. The number of aryl methyl sites for hydroxylation is 1. The first-order chi connectivity index (χ1) is 14.2. The van der Waals surface area contributed by atoms with E-state index in [-0.39, 0.29) is 30.1 Å². The molecule has 0 unspecified atom stereocenters. The number of benzene rings is 2. The molecule has 154 valence electrons. The summed E-state index contributed by atoms with van der Waals surface area (Å²) in [5.74, 6) is -2.36. The molecule has 2 aromatic carbocycles. The molecule has 9 heteroatoms. The fourth-order valence-electron chi connectivity index (χ4n) is 2.73. The summed E-state index contributed by atoms with van der Waals surface area (Å²) in [4.78, 5) is 37.8. The zero-order valence-corrected chi connectivity index (χ0v) is 17.5. The normalized spacial score (nSPS) is 15.0. The highest BCUT2D eigenvalue weighted by molar-refractivity contribution is 8.26. The van der Waals surface area contributed by atoms with Gasteiger partial charge < -0.3 is 15.5 Å². The highest BCUT2D eigenvalue weighted by Gasteiger charge is 2.32. The number of hydrogen-bond donors (Lipinski definition) is 3. The summed E-state index contributed by atoms with van der Waals surface area (Å²) in [6.45, 7) is 2.08. The zero-order chi connectivity index (χ0) is 21.8. The van der Waals surface area contributed by atoms with Crippen molar-refractivity contribution in [1.29, 1.82) is 0 Å². The van der Waals surface area contributed by atoms with E-state index in [2.05, 4.69) is 5.32 Å². The molecule has 0 aromatic heterocycles. The first-order valence-corrected chi connectivity index (χ1v) is 10.2. The van der Waals surface area contributed by atoms with Gasteiger partial charge in [0.15, 0.2) is 0 Å². The number of nitrogens with zero attached hydrogens (tertiary/aromatic N) is 1. The number of anilines is 1. The van der Waals surface area contributed by atoms with Crippen LogP contribution in [0.1, 0.15) is 27.9 Å². The standard InChI is InChI=1S/C21H18N2O5S2/c1-12-2-4-13(5-3-12)10-17-19(26)23(21(29)30-17)9-8-18(25)22-14-6-7-16(24)15(11-14)20(27)28/h2-7,10-11,24H,8-9H2,1H3,(H,22,25)(H,27,28)/b17-10+. The van der Waals surface area contributed by atoms with E-state index in [0.29, 0.717) is 9.23 Å². The topological polar surface area (TPSA) is 107 Å². The van der Waals surface area contributed by atoms with E-state index < -0.39 is 17.6 Å². The summed E-state index contributed by atoms with van der Waals surface area (Å²) in [6, 6.07) is 11.5. The second kappa shape index (κ2) is 9.10. The molecule has 0 aliphatic carbocycles. The van der Waals surface area contributed by atoms with E-state index in [1.165, 1.54) is 34.9 Å². The lowest BCUT2D eigenvalue weighted by molar-refractivity contribution is -0.122. The summed E-state index contributed by atoms with van der Waals surface area (Å²) in [5, 5.41) is 21.1. The second-order valence-electron chi connectivity index (χ2n) is 6.58. The van der Waals surface area contributed by atoms with Crippen LogP contribution in [0, 0.1) is 6.92 Å². The van der Waals surface area contributed by atoms with E-state index in [9.17, 15) is 19.5 Å². The number of hydrogen-bond acceptors (Lipinski definition) is 6. The smallest absolute Gasteiger partial charge is 0.339 e. The van der Waals surface area contributed by atoms with Crippen molar-refractivity contribution < 1.29 is 24.6 Å². The lowest BCUT2D eigenvalue weighted by Crippen LogP contribution is -2.31. The Kier molecular flexibility index (Phi) is 6.53. The highest BCUT2D eigenvalue weighted by Crippen LogP contribution is 2.32. The molecule has 3 N–H and O–H groups in total. The Hall–Kier alpha value is -3.17. The summed E-state index contributed by atoms with van der Waals surface area (Å²) < 4.78 is 0.379. The second-order valence-corrected chi connectivity index (χ2v) is 8.26. The van der Waals surface area contributed by atoms with Gasteiger partial charge >= 0.3 is 5.97 Å². The SMILES string of the molecule is Cc1ccc(/C=C2/SC(=S)N(CCC(=O)Nc3ccc(O)c(C(=O)O)c3)C2=O)cc1. The van der Waals surface area contributed by atoms with E-state index in [1.807, 2.05) is 31.2 Å². The van der Waals surface area contributed by atoms with Crippen LogP contribution >= 0.6 is 24.0 Å². The molecule has 2 amide bonds. The fraction of sp³-hybridized carbons (Fsp3) is 0.143. The van der Waals surface area contributed by atoms with Gasteiger partial charge in [0.25, 0.3) is 5.91 Å². The molecule has 1 fully saturated rings. The largest absolute Gasteiger partial charge is 0.507 e. The monoisotopic (exact) mass is 442 g/mol. The predicted octanol–water partition coefficient (Wildman–Crippen LogP) is 3.63. The number of aromatic hydroxyl groups is 1. The van der Waals surface area contributed by atoms with Gasteiger partial charge in [0.05, 0.1) is 4.91 Å². The Morgan fingerprint density at radius 3 is 2.57 bits per heavy atom. The summed E-state index contributed by atoms with van der Waals surface area (Å²) in [6.07, 6.45) is 1.75. The third-order valence-corrected chi connectivity index (χ3v) is 5.70.